The number of carbonyl (C=O) groups excluding carboxylic acids is 3. The Morgan fingerprint density at radius 3 is 2.55 bits per heavy atom. The second kappa shape index (κ2) is 8.74. The lowest BCUT2D eigenvalue weighted by Gasteiger charge is -2.12. The number of aryl methyl sites for hydroxylation is 2. The molecule has 0 radical (unpaired) electrons. The molecule has 0 aliphatic carbocycles. The van der Waals surface area contributed by atoms with Crippen LogP contribution in [0.5, 0.6) is 0 Å². The minimum atomic E-state index is -0.673. The highest BCUT2D eigenvalue weighted by molar-refractivity contribution is 6.16. The van der Waals surface area contributed by atoms with Gasteiger partial charge in [0.15, 0.2) is 0 Å². The van der Waals surface area contributed by atoms with Crippen LogP contribution in [0.15, 0.2) is 60.3 Å². The van der Waals surface area contributed by atoms with Gasteiger partial charge in [0, 0.05) is 17.1 Å². The number of nitrogens with zero attached hydrogens (tertiary/aromatic N) is 2. The number of hydrogen-bond acceptors (Lipinski definition) is 3. The third-order valence-electron chi connectivity index (χ3n) is 5.43. The van der Waals surface area contributed by atoms with Crippen molar-refractivity contribution in [2.45, 2.75) is 20.8 Å². The summed E-state index contributed by atoms with van der Waals surface area (Å²) >= 11 is 0. The normalized spacial score (nSPS) is 14.7. The van der Waals surface area contributed by atoms with Crippen molar-refractivity contribution >= 4 is 29.6 Å². The Hall–Kier alpha value is -4.20. The standard InChI is InChI=1S/C25H23FN4O3/c1-15-7-6-8-19(11-15)27-23(31)14-29-24(32)21(28-25(29)33)13-18-12-16(2)30(17(18)3)22-10-5-4-9-20(22)26/h4-13H,14H2,1-3H3,(H,27,31)(H,28,33)/b21-13+. The number of urea groups is 1. The lowest BCUT2D eigenvalue weighted by molar-refractivity contribution is -0.127. The molecule has 0 unspecified atom stereocenters. The molecular weight excluding hydrogens is 423 g/mol. The molecule has 0 bridgehead atoms. The van der Waals surface area contributed by atoms with Gasteiger partial charge in [-0.15, -0.1) is 0 Å². The van der Waals surface area contributed by atoms with Crippen LogP contribution in [0.3, 0.4) is 0 Å². The quantitative estimate of drug-likeness (QED) is 0.458. The van der Waals surface area contributed by atoms with Gasteiger partial charge >= 0.3 is 6.03 Å². The largest absolute Gasteiger partial charge is 0.329 e. The summed E-state index contributed by atoms with van der Waals surface area (Å²) in [5.41, 5.74) is 4.15. The fourth-order valence-electron chi connectivity index (χ4n) is 3.88. The van der Waals surface area contributed by atoms with Crippen molar-refractivity contribution in [2.75, 3.05) is 11.9 Å². The molecule has 4 amide bonds. The van der Waals surface area contributed by atoms with Gasteiger partial charge in [0.25, 0.3) is 5.91 Å². The summed E-state index contributed by atoms with van der Waals surface area (Å²) in [5.74, 6) is -1.45. The van der Waals surface area contributed by atoms with Crippen molar-refractivity contribution in [1.29, 1.82) is 0 Å². The molecule has 1 aliphatic rings. The van der Waals surface area contributed by atoms with E-state index in [4.69, 9.17) is 0 Å². The van der Waals surface area contributed by atoms with Gasteiger partial charge in [0.1, 0.15) is 18.1 Å². The number of aromatic nitrogens is 1. The zero-order valence-electron chi connectivity index (χ0n) is 18.5. The van der Waals surface area contributed by atoms with Crippen molar-refractivity contribution in [2.24, 2.45) is 0 Å². The molecule has 0 saturated carbocycles. The summed E-state index contributed by atoms with van der Waals surface area (Å²) in [4.78, 5) is 38.4. The van der Waals surface area contributed by atoms with E-state index in [0.717, 1.165) is 16.2 Å². The van der Waals surface area contributed by atoms with Crippen LogP contribution in [0.1, 0.15) is 22.5 Å². The molecule has 2 N–H and O–H groups in total. The van der Waals surface area contributed by atoms with Crippen LogP contribution in [0, 0.1) is 26.6 Å². The first-order valence-corrected chi connectivity index (χ1v) is 10.4. The third kappa shape index (κ3) is 4.41. The topological polar surface area (TPSA) is 83.4 Å². The number of carbonyl (C=O) groups is 3. The molecule has 2 heterocycles. The molecule has 1 saturated heterocycles. The van der Waals surface area contributed by atoms with E-state index in [-0.39, 0.29) is 11.5 Å². The molecule has 33 heavy (non-hydrogen) atoms. The Bertz CT molecular complexity index is 1310. The van der Waals surface area contributed by atoms with Crippen LogP contribution >= 0.6 is 0 Å². The van der Waals surface area contributed by atoms with Gasteiger partial charge in [-0.2, -0.15) is 0 Å². The highest BCUT2D eigenvalue weighted by atomic mass is 19.1. The van der Waals surface area contributed by atoms with Crippen LogP contribution in [-0.4, -0.2) is 33.9 Å². The molecule has 0 spiro atoms. The number of hydrogen-bond donors (Lipinski definition) is 2. The summed E-state index contributed by atoms with van der Waals surface area (Å²) in [5, 5.41) is 5.21. The molecule has 7 nitrogen and oxygen atoms in total. The molecule has 1 aliphatic heterocycles. The van der Waals surface area contributed by atoms with Crippen molar-refractivity contribution in [3.63, 3.8) is 0 Å². The van der Waals surface area contributed by atoms with E-state index in [1.807, 2.05) is 19.9 Å². The number of rotatable bonds is 5. The molecule has 168 valence electrons. The molecule has 1 aromatic heterocycles. The average molecular weight is 446 g/mol. The molecule has 4 rings (SSSR count). The van der Waals surface area contributed by atoms with Gasteiger partial charge < -0.3 is 15.2 Å². The molecule has 8 heteroatoms. The molecular formula is C25H23FN4O3. The Kier molecular flexibility index (Phi) is 5.83. The second-order valence-corrected chi connectivity index (χ2v) is 7.91. The highest BCUT2D eigenvalue weighted by Crippen LogP contribution is 2.25. The summed E-state index contributed by atoms with van der Waals surface area (Å²) in [6, 6.07) is 14.8. The number of imide groups is 1. The van der Waals surface area contributed by atoms with E-state index in [0.29, 0.717) is 22.6 Å². The third-order valence-corrected chi connectivity index (χ3v) is 5.43. The second-order valence-electron chi connectivity index (χ2n) is 7.91. The Morgan fingerprint density at radius 1 is 1.06 bits per heavy atom. The van der Waals surface area contributed by atoms with E-state index < -0.39 is 24.4 Å². The van der Waals surface area contributed by atoms with Gasteiger partial charge in [0.05, 0.1) is 5.69 Å². The summed E-state index contributed by atoms with van der Waals surface area (Å²) in [6.45, 7) is 5.12. The number of halogens is 1. The van der Waals surface area contributed by atoms with Gasteiger partial charge in [-0.05, 0) is 68.3 Å². The number of nitrogens with one attached hydrogen (secondary N) is 2. The summed E-state index contributed by atoms with van der Waals surface area (Å²) in [7, 11) is 0. The van der Waals surface area contributed by atoms with E-state index >= 15 is 0 Å². The Balaban J connectivity index is 1.54. The first-order valence-electron chi connectivity index (χ1n) is 10.4. The Morgan fingerprint density at radius 2 is 1.82 bits per heavy atom. The predicted octanol–water partition coefficient (Wildman–Crippen LogP) is 4.07. The van der Waals surface area contributed by atoms with Crippen LogP contribution < -0.4 is 10.6 Å². The molecule has 1 fully saturated rings. The zero-order chi connectivity index (χ0) is 23.7. The van der Waals surface area contributed by atoms with Crippen molar-refractivity contribution in [3.8, 4) is 5.69 Å². The predicted molar refractivity (Wildman–Crippen MR) is 123 cm³/mol. The maximum Gasteiger partial charge on any atom is 0.329 e. The lowest BCUT2D eigenvalue weighted by atomic mass is 10.2. The number of benzene rings is 2. The minimum Gasteiger partial charge on any atom is -0.325 e. The van der Waals surface area contributed by atoms with Gasteiger partial charge in [-0.3, -0.25) is 9.59 Å². The molecule has 0 atom stereocenters. The van der Waals surface area contributed by atoms with E-state index in [1.54, 1.807) is 60.0 Å². The van der Waals surface area contributed by atoms with Gasteiger partial charge in [0.2, 0.25) is 5.91 Å². The summed E-state index contributed by atoms with van der Waals surface area (Å²) in [6.07, 6.45) is 1.54. The van der Waals surface area contributed by atoms with Crippen molar-refractivity contribution in [3.05, 3.63) is 88.6 Å². The van der Waals surface area contributed by atoms with Crippen LogP contribution in [0.25, 0.3) is 11.8 Å². The minimum absolute atomic E-state index is 0.0529. The average Bonchev–Trinajstić information content (AvgIpc) is 3.18. The van der Waals surface area contributed by atoms with E-state index in [2.05, 4.69) is 10.6 Å². The zero-order valence-corrected chi connectivity index (χ0v) is 18.5. The van der Waals surface area contributed by atoms with Crippen LogP contribution in [0.4, 0.5) is 14.9 Å². The summed E-state index contributed by atoms with van der Waals surface area (Å²) < 4.78 is 16.1. The highest BCUT2D eigenvalue weighted by Gasteiger charge is 2.35. The smallest absolute Gasteiger partial charge is 0.325 e. The van der Waals surface area contributed by atoms with Crippen LogP contribution in [0.2, 0.25) is 0 Å². The number of para-hydroxylation sites is 1. The maximum atomic E-state index is 14.3. The molecule has 2 aromatic carbocycles. The van der Waals surface area contributed by atoms with Crippen molar-refractivity contribution < 1.29 is 18.8 Å². The SMILES string of the molecule is Cc1cccc(NC(=O)CN2C(=O)N/C(=C/c3cc(C)n(-c4ccccc4F)c3C)C2=O)c1. The van der Waals surface area contributed by atoms with Crippen LogP contribution in [-0.2, 0) is 9.59 Å². The fourth-order valence-corrected chi connectivity index (χ4v) is 3.88. The maximum absolute atomic E-state index is 14.3. The first kappa shape index (κ1) is 22.0. The first-order chi connectivity index (χ1) is 15.7. The number of anilines is 1. The van der Waals surface area contributed by atoms with Crippen molar-refractivity contribution in [1.82, 2.24) is 14.8 Å². The number of amides is 4. The van der Waals surface area contributed by atoms with Gasteiger partial charge in [-0.25, -0.2) is 14.1 Å². The van der Waals surface area contributed by atoms with E-state index in [1.165, 1.54) is 6.07 Å². The van der Waals surface area contributed by atoms with Gasteiger partial charge in [-0.1, -0.05) is 24.3 Å². The lowest BCUT2D eigenvalue weighted by Crippen LogP contribution is -2.38. The monoisotopic (exact) mass is 446 g/mol. The van der Waals surface area contributed by atoms with E-state index in [9.17, 15) is 18.8 Å². The fraction of sp³-hybridized carbons (Fsp3) is 0.160. The molecule has 3 aromatic rings. The Labute approximate surface area is 190 Å².